The van der Waals surface area contributed by atoms with Gasteiger partial charge in [0.05, 0.1) is 18.1 Å². The predicted molar refractivity (Wildman–Crippen MR) is 53.1 cm³/mol. The van der Waals surface area contributed by atoms with E-state index in [1.165, 1.54) is 23.4 Å². The van der Waals surface area contributed by atoms with Crippen LogP contribution in [0.15, 0.2) is 23.9 Å². The van der Waals surface area contributed by atoms with Crippen molar-refractivity contribution in [2.24, 2.45) is 0 Å². The van der Waals surface area contributed by atoms with Crippen molar-refractivity contribution in [1.29, 1.82) is 0 Å². The van der Waals surface area contributed by atoms with Crippen LogP contribution in [0.1, 0.15) is 0 Å². The third-order valence-corrected chi connectivity index (χ3v) is 2.46. The first-order chi connectivity index (χ1) is 7.77. The molecule has 2 aromatic rings. The van der Waals surface area contributed by atoms with Crippen LogP contribution in [0.2, 0.25) is 0 Å². The van der Waals surface area contributed by atoms with E-state index in [0.717, 1.165) is 11.8 Å². The molecule has 1 N–H and O–H groups in total. The van der Waals surface area contributed by atoms with Crippen molar-refractivity contribution in [1.82, 2.24) is 30.2 Å². The van der Waals surface area contributed by atoms with Crippen LogP contribution >= 0.6 is 11.8 Å². The van der Waals surface area contributed by atoms with Gasteiger partial charge in [0.2, 0.25) is 5.16 Å². The minimum Gasteiger partial charge on any atom is -0.481 e. The van der Waals surface area contributed by atoms with Crippen molar-refractivity contribution < 1.29 is 9.90 Å². The van der Waals surface area contributed by atoms with Gasteiger partial charge in [-0.3, -0.25) is 4.79 Å². The summed E-state index contributed by atoms with van der Waals surface area (Å²) in [6.07, 6.45) is 4.46. The Bertz CT molecular complexity index is 487. The topological polar surface area (TPSA) is 107 Å². The number of rotatable bonds is 4. The number of nitrogens with zero attached hydrogens (tertiary/aromatic N) is 6. The molecule has 16 heavy (non-hydrogen) atoms. The first-order valence-electron chi connectivity index (χ1n) is 4.16. The quantitative estimate of drug-likeness (QED) is 0.719. The Labute approximate surface area is 93.7 Å². The standard InChI is InChI=1S/C7H6N6O2S/c14-6(15)3-16-7-10-11-12-13(7)5-1-8-4-9-2-5/h1-2,4H,3H2,(H,14,15). The number of carboxylic acids is 1. The monoisotopic (exact) mass is 238 g/mol. The summed E-state index contributed by atoms with van der Waals surface area (Å²) in [6.45, 7) is 0. The molecule has 0 radical (unpaired) electrons. The number of hydrogen-bond acceptors (Lipinski definition) is 7. The van der Waals surface area contributed by atoms with E-state index in [4.69, 9.17) is 5.11 Å². The molecule has 0 saturated heterocycles. The van der Waals surface area contributed by atoms with Gasteiger partial charge >= 0.3 is 5.97 Å². The highest BCUT2D eigenvalue weighted by Gasteiger charge is 2.10. The zero-order valence-electron chi connectivity index (χ0n) is 7.89. The fourth-order valence-corrected chi connectivity index (χ4v) is 1.57. The molecule has 0 aliphatic carbocycles. The van der Waals surface area contributed by atoms with Gasteiger partial charge in [0.25, 0.3) is 0 Å². The predicted octanol–water partition coefficient (Wildman–Crippen LogP) is -0.371. The van der Waals surface area contributed by atoms with Crippen LogP contribution in [-0.2, 0) is 4.79 Å². The van der Waals surface area contributed by atoms with Gasteiger partial charge in [-0.15, -0.1) is 5.10 Å². The summed E-state index contributed by atoms with van der Waals surface area (Å²) < 4.78 is 1.38. The van der Waals surface area contributed by atoms with Gasteiger partial charge in [0, 0.05) is 0 Å². The number of carbonyl (C=O) groups is 1. The van der Waals surface area contributed by atoms with Gasteiger partial charge < -0.3 is 5.11 Å². The molecule has 9 heteroatoms. The number of aliphatic carboxylic acids is 1. The van der Waals surface area contributed by atoms with E-state index in [1.807, 2.05) is 0 Å². The van der Waals surface area contributed by atoms with Crippen molar-refractivity contribution in [2.45, 2.75) is 5.16 Å². The largest absolute Gasteiger partial charge is 0.481 e. The molecule has 0 bridgehead atoms. The van der Waals surface area contributed by atoms with Gasteiger partial charge in [-0.05, 0) is 10.4 Å². The molecule has 82 valence electrons. The lowest BCUT2D eigenvalue weighted by Crippen LogP contribution is -2.03. The highest BCUT2D eigenvalue weighted by molar-refractivity contribution is 7.99. The Morgan fingerprint density at radius 3 is 2.88 bits per heavy atom. The molecule has 2 heterocycles. The average molecular weight is 238 g/mol. The summed E-state index contributed by atoms with van der Waals surface area (Å²) in [5, 5.41) is 19.8. The van der Waals surface area contributed by atoms with Crippen LogP contribution in [0.4, 0.5) is 0 Å². The molecule has 0 aliphatic heterocycles. The van der Waals surface area contributed by atoms with Crippen LogP contribution < -0.4 is 0 Å². The second kappa shape index (κ2) is 4.66. The molecule has 0 aliphatic rings. The lowest BCUT2D eigenvalue weighted by atomic mass is 10.5. The van der Waals surface area contributed by atoms with Gasteiger partial charge in [-0.25, -0.2) is 9.97 Å². The molecule has 8 nitrogen and oxygen atoms in total. The third kappa shape index (κ3) is 2.31. The summed E-state index contributed by atoms with van der Waals surface area (Å²) in [4.78, 5) is 18.1. The normalized spacial score (nSPS) is 10.2. The second-order valence-corrected chi connectivity index (χ2v) is 3.59. The molecule has 0 aromatic carbocycles. The number of hydrogen-bond donors (Lipinski definition) is 1. The van der Waals surface area contributed by atoms with Gasteiger partial charge in [-0.1, -0.05) is 11.8 Å². The van der Waals surface area contributed by atoms with Crippen molar-refractivity contribution in [3.63, 3.8) is 0 Å². The Kier molecular flexibility index (Phi) is 3.05. The van der Waals surface area contributed by atoms with Crippen LogP contribution in [0.5, 0.6) is 0 Å². The van der Waals surface area contributed by atoms with E-state index in [0.29, 0.717) is 10.8 Å². The number of tetrazole rings is 1. The molecule has 2 aromatic heterocycles. The van der Waals surface area contributed by atoms with E-state index in [1.54, 1.807) is 0 Å². The molecular weight excluding hydrogens is 232 g/mol. The molecular formula is C7H6N6O2S. The lowest BCUT2D eigenvalue weighted by molar-refractivity contribution is -0.133. The van der Waals surface area contributed by atoms with Gasteiger partial charge in [0.15, 0.2) is 0 Å². The third-order valence-electron chi connectivity index (χ3n) is 1.56. The number of aromatic nitrogens is 6. The first-order valence-corrected chi connectivity index (χ1v) is 5.14. The van der Waals surface area contributed by atoms with Gasteiger partial charge in [0.1, 0.15) is 12.0 Å². The van der Waals surface area contributed by atoms with E-state index in [-0.39, 0.29) is 5.75 Å². The van der Waals surface area contributed by atoms with E-state index >= 15 is 0 Å². The average Bonchev–Trinajstić information content (AvgIpc) is 2.75. The van der Waals surface area contributed by atoms with Crippen molar-refractivity contribution in [3.8, 4) is 5.69 Å². The molecule has 2 rings (SSSR count). The van der Waals surface area contributed by atoms with Crippen LogP contribution in [0, 0.1) is 0 Å². The summed E-state index contributed by atoms with van der Waals surface area (Å²) >= 11 is 1.03. The second-order valence-electron chi connectivity index (χ2n) is 2.65. The summed E-state index contributed by atoms with van der Waals surface area (Å²) in [5.74, 6) is -1.03. The van der Waals surface area contributed by atoms with Crippen LogP contribution in [0.25, 0.3) is 5.69 Å². The molecule has 0 unspecified atom stereocenters. The fourth-order valence-electron chi connectivity index (χ4n) is 0.958. The smallest absolute Gasteiger partial charge is 0.313 e. The van der Waals surface area contributed by atoms with E-state index in [9.17, 15) is 4.79 Å². The van der Waals surface area contributed by atoms with Crippen LogP contribution in [-0.4, -0.2) is 47.0 Å². The Morgan fingerprint density at radius 2 is 2.19 bits per heavy atom. The highest BCUT2D eigenvalue weighted by atomic mass is 32.2. The van der Waals surface area contributed by atoms with Crippen molar-refractivity contribution in [2.75, 3.05) is 5.75 Å². The number of carboxylic acid groups (broad SMARTS) is 1. The summed E-state index contributed by atoms with van der Waals surface area (Å²) in [5.41, 5.74) is 0.584. The van der Waals surface area contributed by atoms with E-state index < -0.39 is 5.97 Å². The Hall–Kier alpha value is -2.03. The van der Waals surface area contributed by atoms with Crippen molar-refractivity contribution >= 4 is 17.7 Å². The fraction of sp³-hybridized carbons (Fsp3) is 0.143. The zero-order valence-corrected chi connectivity index (χ0v) is 8.70. The maximum atomic E-state index is 10.4. The SMILES string of the molecule is O=C(O)CSc1nnnn1-c1cncnc1. The van der Waals surface area contributed by atoms with Crippen LogP contribution in [0.3, 0.4) is 0 Å². The molecule has 0 atom stereocenters. The zero-order chi connectivity index (χ0) is 11.4. The van der Waals surface area contributed by atoms with Gasteiger partial charge in [-0.2, -0.15) is 4.68 Å². The summed E-state index contributed by atoms with van der Waals surface area (Å²) in [7, 11) is 0. The minimum atomic E-state index is -0.927. The summed E-state index contributed by atoms with van der Waals surface area (Å²) in [6, 6.07) is 0. The number of thioether (sulfide) groups is 1. The van der Waals surface area contributed by atoms with Crippen molar-refractivity contribution in [3.05, 3.63) is 18.7 Å². The molecule has 0 amide bonds. The van der Waals surface area contributed by atoms with E-state index in [2.05, 4.69) is 25.5 Å². The maximum absolute atomic E-state index is 10.4. The Balaban J connectivity index is 2.23. The maximum Gasteiger partial charge on any atom is 0.313 e. The lowest BCUT2D eigenvalue weighted by Gasteiger charge is -2.00. The highest BCUT2D eigenvalue weighted by Crippen LogP contribution is 2.16. The Morgan fingerprint density at radius 1 is 1.44 bits per heavy atom. The minimum absolute atomic E-state index is 0.103. The molecule has 0 fully saturated rings. The first kappa shape index (κ1) is 10.5. The molecule has 0 saturated carbocycles. The molecule has 0 spiro atoms.